The number of nitrogen functional groups attached to an aromatic ring is 2. The van der Waals surface area contributed by atoms with Gasteiger partial charge in [0.05, 0.1) is 25.4 Å². The number of nitrogens with two attached hydrogens (primary N) is 2. The molecule has 20 heteroatoms. The van der Waals surface area contributed by atoms with Crippen molar-refractivity contribution in [3.8, 4) is 0 Å². The summed E-state index contributed by atoms with van der Waals surface area (Å²) in [6.07, 6.45) is -2.08. The number of nitrogens with one attached hydrogen (secondary N) is 1. The van der Waals surface area contributed by atoms with E-state index in [0.717, 1.165) is 10.9 Å². The smallest absolute Gasteiger partial charge is 0.388 e. The summed E-state index contributed by atoms with van der Waals surface area (Å²) in [5, 5.41) is 11.2. The van der Waals surface area contributed by atoms with Crippen LogP contribution in [0.3, 0.4) is 0 Å². The Balaban J connectivity index is 1.24. The highest BCUT2D eigenvalue weighted by atomic mass is 31.2. The fraction of sp³-hybridized carbons (Fsp3) is 0.524. The Morgan fingerprint density at radius 2 is 1.83 bits per heavy atom. The van der Waals surface area contributed by atoms with Crippen molar-refractivity contribution in [2.45, 2.75) is 50.3 Å². The molecule has 220 valence electrons. The van der Waals surface area contributed by atoms with E-state index in [2.05, 4.69) is 29.9 Å². The predicted molar refractivity (Wildman–Crippen MR) is 136 cm³/mol. The third-order valence-electron chi connectivity index (χ3n) is 6.99. The van der Waals surface area contributed by atoms with Crippen molar-refractivity contribution in [3.05, 3.63) is 29.3 Å². The molecule has 0 spiro atoms. The molecule has 2 aliphatic rings. The summed E-state index contributed by atoms with van der Waals surface area (Å²) < 4.78 is 52.4. The molecule has 41 heavy (non-hydrogen) atoms. The van der Waals surface area contributed by atoms with Gasteiger partial charge in [0.25, 0.3) is 11.9 Å². The Kier molecular flexibility index (Phi) is 7.18. The van der Waals surface area contributed by atoms with Crippen LogP contribution in [0.2, 0.25) is 0 Å². The molecule has 4 aromatic heterocycles. The van der Waals surface area contributed by atoms with Crippen LogP contribution in [0, 0.1) is 5.92 Å². The van der Waals surface area contributed by atoms with Crippen LogP contribution in [0.1, 0.15) is 31.7 Å². The normalized spacial score (nSPS) is 31.9. The number of hydrogen-bond acceptors (Lipinski definition) is 14. The van der Waals surface area contributed by atoms with Crippen molar-refractivity contribution in [2.24, 2.45) is 5.92 Å². The molecule has 1 unspecified atom stereocenters. The molecule has 6 heterocycles. The largest absolute Gasteiger partial charge is 0.475 e. The molecule has 7 atom stereocenters. The number of hydrogen-bond donors (Lipinski definition) is 5. The standard InChI is InChI=1S/C21H26FN10O8P/c22-14-20(32-8-28-12-17(32)29-21(24)30-18(12)34)37-4-2-1-3-9-10(5-38-41(35,36)40-14)39-19(13(9)33)31-7-27-11-15(23)25-6-26-16(11)31/h6-10,13-14,19-20,33H,1-5H2,(H,35,36)(H2,23,25,26)(H3,24,29,30,34)/t9-,10-,13-,14+,19-,20-/m1/s1. The lowest BCUT2D eigenvalue weighted by atomic mass is 9.92. The van der Waals surface area contributed by atoms with Crippen molar-refractivity contribution < 1.29 is 37.5 Å². The van der Waals surface area contributed by atoms with E-state index < -0.39 is 56.9 Å². The molecule has 0 amide bonds. The summed E-state index contributed by atoms with van der Waals surface area (Å²) in [5.41, 5.74) is 11.2. The highest BCUT2D eigenvalue weighted by Crippen LogP contribution is 2.49. The molecular formula is C21H26FN10O8P. The minimum Gasteiger partial charge on any atom is -0.388 e. The number of rotatable bonds is 2. The summed E-state index contributed by atoms with van der Waals surface area (Å²) >= 11 is 0. The Bertz CT molecular complexity index is 1680. The number of aromatic nitrogens is 8. The summed E-state index contributed by atoms with van der Waals surface area (Å²) in [7, 11) is -5.04. The Morgan fingerprint density at radius 1 is 1.07 bits per heavy atom. The number of H-pyrrole nitrogens is 1. The number of aliphatic hydroxyl groups is 1. The lowest BCUT2D eigenvalue weighted by Crippen LogP contribution is -2.29. The van der Waals surface area contributed by atoms with Gasteiger partial charge in [0.2, 0.25) is 5.95 Å². The van der Waals surface area contributed by atoms with Crippen LogP contribution in [-0.2, 0) is 23.1 Å². The van der Waals surface area contributed by atoms with Gasteiger partial charge in [-0.15, -0.1) is 0 Å². The van der Waals surface area contributed by atoms with E-state index in [1.165, 1.54) is 17.2 Å². The van der Waals surface area contributed by atoms with Crippen LogP contribution in [0.25, 0.3) is 22.3 Å². The van der Waals surface area contributed by atoms with Gasteiger partial charge < -0.3 is 30.9 Å². The van der Waals surface area contributed by atoms with Crippen LogP contribution in [0.15, 0.2) is 23.8 Å². The summed E-state index contributed by atoms with van der Waals surface area (Å²) in [6.45, 7) is -0.529. The van der Waals surface area contributed by atoms with Gasteiger partial charge >= 0.3 is 7.82 Å². The quantitative estimate of drug-likeness (QED) is 0.193. The Morgan fingerprint density at radius 3 is 2.63 bits per heavy atom. The second kappa shape index (κ2) is 10.7. The average molecular weight is 596 g/mol. The predicted octanol–water partition coefficient (Wildman–Crippen LogP) is 0.127. The molecule has 2 aliphatic heterocycles. The molecule has 0 saturated carbocycles. The molecule has 2 fully saturated rings. The lowest BCUT2D eigenvalue weighted by molar-refractivity contribution is -0.133. The van der Waals surface area contributed by atoms with Crippen molar-refractivity contribution in [3.63, 3.8) is 0 Å². The number of aliphatic hydroxyl groups excluding tert-OH is 1. The van der Waals surface area contributed by atoms with Crippen LogP contribution < -0.4 is 17.0 Å². The number of phosphoric acid groups is 1. The maximum Gasteiger partial charge on any atom is 0.475 e. The van der Waals surface area contributed by atoms with Crippen LogP contribution in [-0.4, -0.2) is 80.8 Å². The van der Waals surface area contributed by atoms with Crippen molar-refractivity contribution in [1.29, 1.82) is 0 Å². The summed E-state index contributed by atoms with van der Waals surface area (Å²) in [4.78, 5) is 45.0. The second-order valence-electron chi connectivity index (χ2n) is 9.56. The molecule has 0 aromatic carbocycles. The van der Waals surface area contributed by atoms with Gasteiger partial charge in [0, 0.05) is 12.5 Å². The average Bonchev–Trinajstić information content (AvgIpc) is 3.61. The molecule has 6 rings (SSSR count). The first-order chi connectivity index (χ1) is 19.6. The van der Waals surface area contributed by atoms with E-state index in [0.29, 0.717) is 30.4 Å². The van der Waals surface area contributed by atoms with Gasteiger partial charge in [-0.25, -0.2) is 33.4 Å². The van der Waals surface area contributed by atoms with E-state index >= 15 is 4.39 Å². The van der Waals surface area contributed by atoms with Gasteiger partial charge in [0.15, 0.2) is 35.1 Å². The van der Waals surface area contributed by atoms with E-state index in [1.807, 2.05) is 0 Å². The minimum atomic E-state index is -5.04. The number of phosphoric ester groups is 1. The number of alkyl halides is 1. The fourth-order valence-electron chi connectivity index (χ4n) is 5.07. The lowest BCUT2D eigenvalue weighted by Gasteiger charge is -2.24. The molecular weight excluding hydrogens is 570 g/mol. The zero-order valence-electron chi connectivity index (χ0n) is 21.2. The van der Waals surface area contributed by atoms with E-state index in [4.69, 9.17) is 30.0 Å². The number of nitrogens with zero attached hydrogens (tertiary/aromatic N) is 7. The summed E-state index contributed by atoms with van der Waals surface area (Å²) in [6, 6.07) is 0. The van der Waals surface area contributed by atoms with Crippen LogP contribution >= 0.6 is 7.82 Å². The Hall–Kier alpha value is -3.58. The first-order valence-electron chi connectivity index (χ1n) is 12.5. The third-order valence-corrected chi connectivity index (χ3v) is 7.93. The molecule has 4 aromatic rings. The topological polar surface area (TPSA) is 254 Å². The zero-order chi connectivity index (χ0) is 28.9. The van der Waals surface area contributed by atoms with Gasteiger partial charge in [-0.3, -0.25) is 23.4 Å². The van der Waals surface area contributed by atoms with Crippen molar-refractivity contribution in [1.82, 2.24) is 39.0 Å². The number of fused-ring (bicyclic) bond motifs is 3. The number of anilines is 2. The van der Waals surface area contributed by atoms with Gasteiger partial charge in [-0.1, -0.05) is 6.42 Å². The van der Waals surface area contributed by atoms with Crippen LogP contribution in [0.5, 0.6) is 0 Å². The zero-order valence-corrected chi connectivity index (χ0v) is 22.1. The Labute approximate surface area is 229 Å². The van der Waals surface area contributed by atoms with E-state index in [9.17, 15) is 19.4 Å². The first kappa shape index (κ1) is 27.6. The van der Waals surface area contributed by atoms with Gasteiger partial charge in [-0.2, -0.15) is 4.98 Å². The maximum atomic E-state index is 15.4. The molecule has 18 nitrogen and oxygen atoms in total. The maximum absolute atomic E-state index is 15.4. The van der Waals surface area contributed by atoms with Crippen molar-refractivity contribution >= 4 is 41.9 Å². The van der Waals surface area contributed by atoms with Crippen LogP contribution in [0.4, 0.5) is 16.2 Å². The molecule has 0 bridgehead atoms. The molecule has 0 radical (unpaired) electrons. The highest BCUT2D eigenvalue weighted by Gasteiger charge is 2.46. The third kappa shape index (κ3) is 5.16. The van der Waals surface area contributed by atoms with E-state index in [1.54, 1.807) is 0 Å². The molecule has 0 aliphatic carbocycles. The molecule has 7 N–H and O–H groups in total. The number of halogens is 1. The minimum absolute atomic E-state index is 0.0243. The second-order valence-corrected chi connectivity index (χ2v) is 11.0. The van der Waals surface area contributed by atoms with E-state index in [-0.39, 0.29) is 29.5 Å². The molecule has 2 saturated heterocycles. The van der Waals surface area contributed by atoms with Gasteiger partial charge in [0.1, 0.15) is 17.9 Å². The number of imidazole rings is 2. The number of aromatic amines is 1. The van der Waals surface area contributed by atoms with Gasteiger partial charge in [-0.05, 0) is 12.8 Å². The SMILES string of the molecule is Nc1nc2c(ncn2[C@@H]2OCCCC[C@H]3[C@@H](O)[C@H](n4cnc5c(N)ncnc54)O[C@@H]3COP(=O)(O)O[C@@H]2F)c(=O)[nH]1. The fourth-order valence-corrected chi connectivity index (χ4v) is 5.83. The summed E-state index contributed by atoms with van der Waals surface area (Å²) in [5.74, 6) is -0.644. The number of ether oxygens (including phenoxy) is 2. The first-order valence-corrected chi connectivity index (χ1v) is 14.0. The monoisotopic (exact) mass is 596 g/mol. The van der Waals surface area contributed by atoms with Crippen molar-refractivity contribution in [2.75, 3.05) is 24.7 Å². The highest BCUT2D eigenvalue weighted by molar-refractivity contribution is 7.47.